The number of nitrogens with zero attached hydrogens (tertiary/aromatic N) is 2. The van der Waals surface area contributed by atoms with E-state index in [1.165, 1.54) is 0 Å². The lowest BCUT2D eigenvalue weighted by Gasteiger charge is -2.18. The van der Waals surface area contributed by atoms with E-state index in [9.17, 15) is 9.59 Å². The monoisotopic (exact) mass is 356 g/mol. The van der Waals surface area contributed by atoms with Crippen LogP contribution in [0, 0.1) is 5.92 Å². The lowest BCUT2D eigenvalue weighted by molar-refractivity contribution is 0.0772. The van der Waals surface area contributed by atoms with E-state index in [1.54, 1.807) is 23.1 Å². The maximum atomic E-state index is 12.3. The molecule has 0 aliphatic rings. The van der Waals surface area contributed by atoms with E-state index in [2.05, 4.69) is 29.4 Å². The highest BCUT2D eigenvalue weighted by atomic mass is 16.2. The Morgan fingerprint density at radius 3 is 2.38 bits per heavy atom. The van der Waals surface area contributed by atoms with Gasteiger partial charge in [0.25, 0.3) is 11.8 Å². The highest BCUT2D eigenvalue weighted by molar-refractivity contribution is 5.94. The molecule has 2 N–H and O–H groups in total. The van der Waals surface area contributed by atoms with E-state index < -0.39 is 0 Å². The molecule has 0 unspecified atom stereocenters. The van der Waals surface area contributed by atoms with Crippen LogP contribution in [0.25, 0.3) is 0 Å². The van der Waals surface area contributed by atoms with Crippen molar-refractivity contribution in [1.29, 1.82) is 0 Å². The van der Waals surface area contributed by atoms with Gasteiger partial charge in [-0.25, -0.2) is 0 Å². The summed E-state index contributed by atoms with van der Waals surface area (Å²) in [4.78, 5) is 26.3. The van der Waals surface area contributed by atoms with Gasteiger partial charge in [0.05, 0.1) is 0 Å². The zero-order valence-corrected chi connectivity index (χ0v) is 16.0. The van der Waals surface area contributed by atoms with Gasteiger partial charge < -0.3 is 10.2 Å². The van der Waals surface area contributed by atoms with Gasteiger partial charge in [-0.3, -0.25) is 14.7 Å². The van der Waals surface area contributed by atoms with Crippen molar-refractivity contribution in [3.8, 4) is 0 Å². The summed E-state index contributed by atoms with van der Waals surface area (Å²) in [7, 11) is 0. The number of benzene rings is 1. The number of hydrogen-bond donors (Lipinski definition) is 2. The largest absolute Gasteiger partial charge is 0.347 e. The van der Waals surface area contributed by atoms with E-state index in [0.717, 1.165) is 17.7 Å². The minimum absolute atomic E-state index is 0.0276. The lowest BCUT2D eigenvalue weighted by Crippen LogP contribution is -2.30. The fourth-order valence-corrected chi connectivity index (χ4v) is 2.75. The van der Waals surface area contributed by atoms with E-state index in [4.69, 9.17) is 0 Å². The Morgan fingerprint density at radius 1 is 1.15 bits per heavy atom. The topological polar surface area (TPSA) is 78.1 Å². The van der Waals surface area contributed by atoms with Crippen LogP contribution in [0.15, 0.2) is 30.3 Å². The number of hydrogen-bond acceptors (Lipinski definition) is 3. The van der Waals surface area contributed by atoms with Crippen molar-refractivity contribution in [2.75, 3.05) is 13.1 Å². The first-order chi connectivity index (χ1) is 12.4. The second-order valence-electron chi connectivity index (χ2n) is 6.73. The van der Waals surface area contributed by atoms with Gasteiger partial charge in [-0.1, -0.05) is 26.0 Å². The fourth-order valence-electron chi connectivity index (χ4n) is 2.75. The standard InChI is InChI=1S/C20H28N4O2/c1-5-24(6-2)20(26)16-9-7-15(8-10-16)13-21-19(25)18-12-17(22-23-18)11-14(3)4/h7-10,12,14H,5-6,11,13H2,1-4H3,(H,21,25)(H,22,23). The number of aromatic amines is 1. The molecule has 0 aliphatic carbocycles. The summed E-state index contributed by atoms with van der Waals surface area (Å²) >= 11 is 0. The molecule has 0 fully saturated rings. The average Bonchev–Trinajstić information content (AvgIpc) is 3.09. The smallest absolute Gasteiger partial charge is 0.272 e. The second kappa shape index (κ2) is 9.17. The van der Waals surface area contributed by atoms with Crippen molar-refractivity contribution in [2.45, 2.75) is 40.7 Å². The molecule has 6 nitrogen and oxygen atoms in total. The summed E-state index contributed by atoms with van der Waals surface area (Å²) in [5.41, 5.74) is 2.96. The van der Waals surface area contributed by atoms with Gasteiger partial charge in [-0.15, -0.1) is 0 Å². The molecular weight excluding hydrogens is 328 g/mol. The Morgan fingerprint density at radius 2 is 1.81 bits per heavy atom. The van der Waals surface area contributed by atoms with Crippen molar-refractivity contribution in [1.82, 2.24) is 20.4 Å². The summed E-state index contributed by atoms with van der Waals surface area (Å²) < 4.78 is 0. The van der Waals surface area contributed by atoms with E-state index in [1.807, 2.05) is 26.0 Å². The molecule has 1 heterocycles. The van der Waals surface area contributed by atoms with E-state index in [-0.39, 0.29) is 11.8 Å². The Labute approximate surface area is 155 Å². The van der Waals surface area contributed by atoms with Crippen LogP contribution in [0.1, 0.15) is 59.8 Å². The minimum atomic E-state index is -0.209. The van der Waals surface area contributed by atoms with Crippen LogP contribution in [0.5, 0.6) is 0 Å². The molecule has 0 saturated heterocycles. The van der Waals surface area contributed by atoms with Gasteiger partial charge in [0.15, 0.2) is 0 Å². The maximum Gasteiger partial charge on any atom is 0.272 e. The third kappa shape index (κ3) is 5.18. The normalized spacial score (nSPS) is 10.8. The van der Waals surface area contributed by atoms with Crippen LogP contribution >= 0.6 is 0 Å². The molecule has 0 bridgehead atoms. The van der Waals surface area contributed by atoms with Crippen molar-refractivity contribution in [3.05, 3.63) is 52.8 Å². The zero-order valence-electron chi connectivity index (χ0n) is 16.0. The molecule has 2 rings (SSSR count). The molecule has 1 aromatic heterocycles. The first kappa shape index (κ1) is 19.7. The summed E-state index contributed by atoms with van der Waals surface area (Å²) in [6, 6.07) is 9.13. The van der Waals surface area contributed by atoms with Gasteiger partial charge in [0.2, 0.25) is 0 Å². The van der Waals surface area contributed by atoms with Crippen LogP contribution in [0.3, 0.4) is 0 Å². The quantitative estimate of drug-likeness (QED) is 0.763. The fraction of sp³-hybridized carbons (Fsp3) is 0.450. The van der Waals surface area contributed by atoms with Crippen LogP contribution < -0.4 is 5.32 Å². The van der Waals surface area contributed by atoms with Crippen molar-refractivity contribution >= 4 is 11.8 Å². The number of rotatable bonds is 8. The molecule has 26 heavy (non-hydrogen) atoms. The summed E-state index contributed by atoms with van der Waals surface area (Å²) in [6.45, 7) is 9.94. The number of nitrogens with one attached hydrogen (secondary N) is 2. The molecule has 1 aromatic carbocycles. The summed E-state index contributed by atoms with van der Waals surface area (Å²) in [6.07, 6.45) is 0.863. The highest BCUT2D eigenvalue weighted by Crippen LogP contribution is 2.09. The molecule has 0 spiro atoms. The lowest BCUT2D eigenvalue weighted by atomic mass is 10.1. The van der Waals surface area contributed by atoms with Crippen molar-refractivity contribution < 1.29 is 9.59 Å². The zero-order chi connectivity index (χ0) is 19.1. The Balaban J connectivity index is 1.92. The first-order valence-corrected chi connectivity index (χ1v) is 9.15. The summed E-state index contributed by atoms with van der Waals surface area (Å²) in [5, 5.41) is 9.83. The predicted octanol–water partition coefficient (Wildman–Crippen LogP) is 3.02. The Kier molecular flexibility index (Phi) is 6.95. The highest BCUT2D eigenvalue weighted by Gasteiger charge is 2.13. The van der Waals surface area contributed by atoms with Gasteiger partial charge in [-0.05, 0) is 49.9 Å². The molecule has 0 radical (unpaired) electrons. The second-order valence-corrected chi connectivity index (χ2v) is 6.73. The number of amides is 2. The Hall–Kier alpha value is -2.63. The van der Waals surface area contributed by atoms with Crippen LogP contribution in [0.4, 0.5) is 0 Å². The molecule has 2 aromatic rings. The predicted molar refractivity (Wildman–Crippen MR) is 102 cm³/mol. The number of H-pyrrole nitrogens is 1. The SMILES string of the molecule is CCN(CC)C(=O)c1ccc(CNC(=O)c2cc(CC(C)C)[nH]n2)cc1. The van der Waals surface area contributed by atoms with E-state index in [0.29, 0.717) is 36.8 Å². The van der Waals surface area contributed by atoms with Gasteiger partial charge in [0, 0.05) is 30.9 Å². The van der Waals surface area contributed by atoms with Gasteiger partial charge in [-0.2, -0.15) is 5.10 Å². The Bertz CT molecular complexity index is 731. The van der Waals surface area contributed by atoms with Crippen LogP contribution in [0.2, 0.25) is 0 Å². The average molecular weight is 356 g/mol. The molecule has 140 valence electrons. The number of carbonyl (C=O) groups excluding carboxylic acids is 2. The van der Waals surface area contributed by atoms with Crippen molar-refractivity contribution in [2.24, 2.45) is 5.92 Å². The molecule has 0 atom stereocenters. The summed E-state index contributed by atoms with van der Waals surface area (Å²) in [5.74, 6) is 0.322. The van der Waals surface area contributed by atoms with Crippen molar-refractivity contribution in [3.63, 3.8) is 0 Å². The third-order valence-electron chi connectivity index (χ3n) is 4.20. The molecule has 0 aliphatic heterocycles. The number of carbonyl (C=O) groups is 2. The maximum absolute atomic E-state index is 12.3. The van der Waals surface area contributed by atoms with E-state index >= 15 is 0 Å². The van der Waals surface area contributed by atoms with Gasteiger partial charge >= 0.3 is 0 Å². The van der Waals surface area contributed by atoms with Crippen LogP contribution in [-0.2, 0) is 13.0 Å². The van der Waals surface area contributed by atoms with Gasteiger partial charge in [0.1, 0.15) is 5.69 Å². The molecule has 0 saturated carbocycles. The minimum Gasteiger partial charge on any atom is -0.347 e. The third-order valence-corrected chi connectivity index (χ3v) is 4.20. The number of aromatic nitrogens is 2. The first-order valence-electron chi connectivity index (χ1n) is 9.15. The molecule has 2 amide bonds. The van der Waals surface area contributed by atoms with Crippen LogP contribution in [-0.4, -0.2) is 40.0 Å². The molecule has 6 heteroatoms. The molecular formula is C20H28N4O2.